The van der Waals surface area contributed by atoms with Gasteiger partial charge in [0.15, 0.2) is 5.17 Å². The number of anilines is 1. The van der Waals surface area contributed by atoms with Crippen molar-refractivity contribution in [3.05, 3.63) is 29.3 Å². The van der Waals surface area contributed by atoms with Crippen LogP contribution in [0.2, 0.25) is 0 Å². The van der Waals surface area contributed by atoms with Crippen LogP contribution in [0.1, 0.15) is 22.8 Å². The molecule has 2 aliphatic rings. The third-order valence-corrected chi connectivity index (χ3v) is 5.56. The van der Waals surface area contributed by atoms with Gasteiger partial charge in [0, 0.05) is 18.8 Å². The molecule has 2 heterocycles. The molecule has 3 N–H and O–H groups in total. The summed E-state index contributed by atoms with van der Waals surface area (Å²) in [6.07, 6.45) is 0.917. The molecule has 1 aromatic carbocycles. The third-order valence-electron chi connectivity index (χ3n) is 3.70. The van der Waals surface area contributed by atoms with Crippen LogP contribution in [0, 0.1) is 6.92 Å². The number of hydrogen-bond donors (Lipinski definition) is 2. The fourth-order valence-corrected chi connectivity index (χ4v) is 4.34. The molecule has 22 heavy (non-hydrogen) atoms. The maximum absolute atomic E-state index is 11.7. The van der Waals surface area contributed by atoms with Crippen LogP contribution in [-0.4, -0.2) is 41.1 Å². The first-order valence-corrected chi connectivity index (χ1v) is 8.62. The average molecular weight is 339 g/mol. The number of nitrogens with two attached hydrogens (primary N) is 1. The van der Waals surface area contributed by atoms with Crippen molar-refractivity contribution in [1.29, 1.82) is 0 Å². The molecule has 1 saturated heterocycles. The van der Waals surface area contributed by atoms with E-state index in [1.165, 1.54) is 0 Å². The number of benzene rings is 1. The first kappa shape index (κ1) is 15.5. The lowest BCUT2D eigenvalue weighted by molar-refractivity contribution is -0.120. The Morgan fingerprint density at radius 3 is 3.05 bits per heavy atom. The van der Waals surface area contributed by atoms with Gasteiger partial charge in [-0.3, -0.25) is 4.79 Å². The summed E-state index contributed by atoms with van der Waals surface area (Å²) in [5.74, 6) is 0.0372. The summed E-state index contributed by atoms with van der Waals surface area (Å²) < 4.78 is 0. The van der Waals surface area contributed by atoms with Crippen LogP contribution in [0.25, 0.3) is 0 Å². The number of amidine groups is 1. The number of nitrogens with zero attached hydrogens (tertiary/aromatic N) is 2. The molecule has 2 atom stereocenters. The Kier molecular flexibility index (Phi) is 4.49. The van der Waals surface area contributed by atoms with E-state index in [1.54, 1.807) is 11.8 Å². The number of alkyl halides is 1. The fourth-order valence-electron chi connectivity index (χ4n) is 2.73. The van der Waals surface area contributed by atoms with Gasteiger partial charge in [0.05, 0.1) is 11.8 Å². The zero-order chi connectivity index (χ0) is 15.7. The van der Waals surface area contributed by atoms with E-state index in [2.05, 4.69) is 16.4 Å². The standard InChI is InChI=1S/C15H19ClN4OS/c1-9-5-10(7-11(17)6-9)13-14(16)19-15(22-13)20-4-2-3-18-12(21)8-20/h5-7,13-14H,2-4,8,17H2,1H3,(H,18,21). The molecule has 7 heteroatoms. The summed E-state index contributed by atoms with van der Waals surface area (Å²) in [6.45, 7) is 3.90. The normalized spacial score (nSPS) is 25.6. The monoisotopic (exact) mass is 338 g/mol. The maximum Gasteiger partial charge on any atom is 0.239 e. The number of carbonyl (C=O) groups is 1. The van der Waals surface area contributed by atoms with E-state index >= 15 is 0 Å². The second-order valence-corrected chi connectivity index (χ2v) is 7.18. The molecule has 0 aromatic heterocycles. The molecule has 118 valence electrons. The minimum Gasteiger partial charge on any atom is -0.399 e. The van der Waals surface area contributed by atoms with E-state index in [1.807, 2.05) is 24.0 Å². The van der Waals surface area contributed by atoms with E-state index in [4.69, 9.17) is 17.3 Å². The lowest BCUT2D eigenvalue weighted by Crippen LogP contribution is -2.35. The lowest BCUT2D eigenvalue weighted by Gasteiger charge is -2.21. The van der Waals surface area contributed by atoms with Crippen molar-refractivity contribution in [1.82, 2.24) is 10.2 Å². The van der Waals surface area contributed by atoms with E-state index in [0.717, 1.165) is 41.5 Å². The third kappa shape index (κ3) is 3.33. The molecule has 0 spiro atoms. The second kappa shape index (κ2) is 6.38. The highest BCUT2D eigenvalue weighted by Crippen LogP contribution is 2.43. The summed E-state index contributed by atoms with van der Waals surface area (Å²) in [5.41, 5.74) is 8.53. The van der Waals surface area contributed by atoms with Gasteiger partial charge in [-0.1, -0.05) is 29.4 Å². The van der Waals surface area contributed by atoms with Crippen LogP contribution in [0.3, 0.4) is 0 Å². The maximum atomic E-state index is 11.7. The number of carbonyl (C=O) groups excluding carboxylic acids is 1. The Labute approximate surface area is 139 Å². The molecule has 1 fully saturated rings. The first-order valence-electron chi connectivity index (χ1n) is 7.30. The molecule has 0 bridgehead atoms. The molecule has 0 radical (unpaired) electrons. The van der Waals surface area contributed by atoms with Crippen molar-refractivity contribution in [2.24, 2.45) is 4.99 Å². The highest BCUT2D eigenvalue weighted by Gasteiger charge is 2.33. The fraction of sp³-hybridized carbons (Fsp3) is 0.467. The average Bonchev–Trinajstić information content (AvgIpc) is 2.69. The number of hydrogen-bond acceptors (Lipinski definition) is 5. The predicted octanol–water partition coefficient (Wildman–Crippen LogP) is 2.11. The molecular formula is C15H19ClN4OS. The summed E-state index contributed by atoms with van der Waals surface area (Å²) in [5, 5.41) is 3.75. The zero-order valence-electron chi connectivity index (χ0n) is 12.4. The number of nitrogens with one attached hydrogen (secondary N) is 1. The van der Waals surface area contributed by atoms with Gasteiger partial charge in [0.2, 0.25) is 5.91 Å². The molecule has 1 amide bonds. The first-order chi connectivity index (χ1) is 10.5. The Morgan fingerprint density at radius 2 is 2.27 bits per heavy atom. The van der Waals surface area contributed by atoms with E-state index in [0.29, 0.717) is 6.54 Å². The van der Waals surface area contributed by atoms with Gasteiger partial charge in [-0.05, 0) is 36.6 Å². The largest absolute Gasteiger partial charge is 0.399 e. The van der Waals surface area contributed by atoms with Crippen LogP contribution in [0.5, 0.6) is 0 Å². The highest BCUT2D eigenvalue weighted by atomic mass is 35.5. The summed E-state index contributed by atoms with van der Waals surface area (Å²) in [6, 6.07) is 5.98. The van der Waals surface area contributed by atoms with Gasteiger partial charge < -0.3 is 16.0 Å². The number of aliphatic imine (C=N–C) groups is 1. The van der Waals surface area contributed by atoms with Gasteiger partial charge in [-0.25, -0.2) is 4.99 Å². The minimum absolute atomic E-state index is 0.0326. The van der Waals surface area contributed by atoms with E-state index in [-0.39, 0.29) is 16.7 Å². The SMILES string of the molecule is Cc1cc(N)cc(C2SC(N3CCCNC(=O)C3)=NC2Cl)c1. The lowest BCUT2D eigenvalue weighted by atomic mass is 10.1. The van der Waals surface area contributed by atoms with Crippen molar-refractivity contribution in [2.45, 2.75) is 24.1 Å². The Bertz CT molecular complexity index is 601. The molecule has 0 aliphatic carbocycles. The number of nitrogen functional groups attached to an aromatic ring is 1. The summed E-state index contributed by atoms with van der Waals surface area (Å²) in [7, 11) is 0. The van der Waals surface area contributed by atoms with Crippen molar-refractivity contribution in [3.63, 3.8) is 0 Å². The number of thioether (sulfide) groups is 1. The quantitative estimate of drug-likeness (QED) is 0.467. The molecular weight excluding hydrogens is 320 g/mol. The number of amides is 1. The predicted molar refractivity (Wildman–Crippen MR) is 92.2 cm³/mol. The Balaban J connectivity index is 1.77. The number of rotatable bonds is 1. The molecule has 0 saturated carbocycles. The minimum atomic E-state index is -0.340. The second-order valence-electron chi connectivity index (χ2n) is 5.62. The summed E-state index contributed by atoms with van der Waals surface area (Å²) >= 11 is 8.05. The van der Waals surface area contributed by atoms with Crippen LogP contribution < -0.4 is 11.1 Å². The van der Waals surface area contributed by atoms with Crippen molar-refractivity contribution < 1.29 is 4.79 Å². The highest BCUT2D eigenvalue weighted by molar-refractivity contribution is 8.14. The van der Waals surface area contributed by atoms with Gasteiger partial charge >= 0.3 is 0 Å². The topological polar surface area (TPSA) is 70.7 Å². The van der Waals surface area contributed by atoms with Crippen LogP contribution in [-0.2, 0) is 4.79 Å². The van der Waals surface area contributed by atoms with Crippen molar-refractivity contribution in [3.8, 4) is 0 Å². The van der Waals surface area contributed by atoms with Crippen LogP contribution in [0.15, 0.2) is 23.2 Å². The van der Waals surface area contributed by atoms with Crippen LogP contribution in [0.4, 0.5) is 5.69 Å². The van der Waals surface area contributed by atoms with E-state index < -0.39 is 0 Å². The Hall–Kier alpha value is -1.40. The van der Waals surface area contributed by atoms with Gasteiger partial charge in [0.1, 0.15) is 5.50 Å². The van der Waals surface area contributed by atoms with Gasteiger partial charge in [-0.2, -0.15) is 0 Å². The van der Waals surface area contributed by atoms with Crippen LogP contribution >= 0.6 is 23.4 Å². The van der Waals surface area contributed by atoms with E-state index in [9.17, 15) is 4.79 Å². The number of halogens is 1. The van der Waals surface area contributed by atoms with Crippen molar-refractivity contribution in [2.75, 3.05) is 25.4 Å². The molecule has 5 nitrogen and oxygen atoms in total. The number of aryl methyl sites for hydroxylation is 1. The summed E-state index contributed by atoms with van der Waals surface area (Å²) in [4.78, 5) is 18.3. The molecule has 3 rings (SSSR count). The zero-order valence-corrected chi connectivity index (χ0v) is 14.0. The van der Waals surface area contributed by atoms with Crippen molar-refractivity contribution >= 4 is 40.1 Å². The Morgan fingerprint density at radius 1 is 1.45 bits per heavy atom. The van der Waals surface area contributed by atoms with Gasteiger partial charge in [0.25, 0.3) is 0 Å². The molecule has 2 unspecified atom stereocenters. The molecule has 2 aliphatic heterocycles. The molecule has 1 aromatic rings. The van der Waals surface area contributed by atoms with Gasteiger partial charge in [-0.15, -0.1) is 0 Å². The smallest absolute Gasteiger partial charge is 0.239 e.